The Morgan fingerprint density at radius 3 is 2.84 bits per heavy atom. The van der Waals surface area contributed by atoms with E-state index in [0.29, 0.717) is 11.6 Å². The number of rotatable bonds is 8. The van der Waals surface area contributed by atoms with Gasteiger partial charge >= 0.3 is 0 Å². The third-order valence-electron chi connectivity index (χ3n) is 3.65. The summed E-state index contributed by atoms with van der Waals surface area (Å²) in [5, 5.41) is 3.62. The largest absolute Gasteiger partial charge is 0.302 e. The number of carbonyl (C=O) groups is 1. The van der Waals surface area contributed by atoms with Gasteiger partial charge in [-0.2, -0.15) is 11.8 Å². The monoisotopic (exact) mass is 388 g/mol. The number of anilines is 1. The lowest BCUT2D eigenvalue weighted by Crippen LogP contribution is -2.11. The van der Waals surface area contributed by atoms with Gasteiger partial charge in [0.25, 0.3) is 0 Å². The van der Waals surface area contributed by atoms with Gasteiger partial charge in [0.05, 0.1) is 10.2 Å². The summed E-state index contributed by atoms with van der Waals surface area (Å²) in [6, 6.07) is 16.6. The van der Waals surface area contributed by atoms with Gasteiger partial charge in [-0.05, 0) is 42.2 Å². The SMILES string of the molecule is CSc1ccc2nc(NC(=O)CCCSCc3ccccc3)sc2c1. The summed E-state index contributed by atoms with van der Waals surface area (Å²) in [5.41, 5.74) is 2.27. The van der Waals surface area contributed by atoms with E-state index in [9.17, 15) is 4.79 Å². The van der Waals surface area contributed by atoms with E-state index in [1.807, 2.05) is 23.9 Å². The third kappa shape index (κ3) is 5.49. The van der Waals surface area contributed by atoms with Crippen molar-refractivity contribution in [2.75, 3.05) is 17.3 Å². The predicted molar refractivity (Wildman–Crippen MR) is 112 cm³/mol. The zero-order chi connectivity index (χ0) is 17.5. The van der Waals surface area contributed by atoms with Gasteiger partial charge < -0.3 is 5.32 Å². The molecule has 3 rings (SSSR count). The number of aromatic nitrogens is 1. The van der Waals surface area contributed by atoms with Gasteiger partial charge in [0.15, 0.2) is 5.13 Å². The second-order valence-corrected chi connectivity index (χ2v) is 8.56. The van der Waals surface area contributed by atoms with Crippen molar-refractivity contribution in [1.29, 1.82) is 0 Å². The van der Waals surface area contributed by atoms with Crippen LogP contribution >= 0.6 is 34.9 Å². The molecule has 1 amide bonds. The van der Waals surface area contributed by atoms with Crippen LogP contribution in [0.1, 0.15) is 18.4 Å². The van der Waals surface area contributed by atoms with Crippen molar-refractivity contribution in [3.63, 3.8) is 0 Å². The molecule has 130 valence electrons. The summed E-state index contributed by atoms with van der Waals surface area (Å²) < 4.78 is 1.11. The average molecular weight is 389 g/mol. The maximum Gasteiger partial charge on any atom is 0.226 e. The Bertz CT molecular complexity index is 833. The fraction of sp³-hybridized carbons (Fsp3) is 0.263. The lowest BCUT2D eigenvalue weighted by Gasteiger charge is -2.03. The summed E-state index contributed by atoms with van der Waals surface area (Å²) in [6.07, 6.45) is 3.47. The number of thiazole rings is 1. The molecule has 1 heterocycles. The minimum Gasteiger partial charge on any atom is -0.302 e. The van der Waals surface area contributed by atoms with Crippen molar-refractivity contribution >= 4 is 56.1 Å². The van der Waals surface area contributed by atoms with Crippen LogP contribution in [0, 0.1) is 0 Å². The van der Waals surface area contributed by atoms with E-state index in [1.54, 1.807) is 11.8 Å². The topological polar surface area (TPSA) is 42.0 Å². The molecule has 0 saturated carbocycles. The number of carbonyl (C=O) groups excluding carboxylic acids is 1. The van der Waals surface area contributed by atoms with Crippen molar-refractivity contribution < 1.29 is 4.79 Å². The Morgan fingerprint density at radius 1 is 1.20 bits per heavy atom. The van der Waals surface area contributed by atoms with Crippen LogP contribution < -0.4 is 5.32 Å². The predicted octanol–water partition coefficient (Wildman–Crippen LogP) is 5.67. The van der Waals surface area contributed by atoms with Gasteiger partial charge in [0.1, 0.15) is 0 Å². The van der Waals surface area contributed by atoms with Gasteiger partial charge in [-0.25, -0.2) is 4.98 Å². The Balaban J connectivity index is 1.41. The summed E-state index contributed by atoms with van der Waals surface area (Å²) >= 11 is 5.11. The highest BCUT2D eigenvalue weighted by Crippen LogP contribution is 2.29. The smallest absolute Gasteiger partial charge is 0.226 e. The number of amides is 1. The van der Waals surface area contributed by atoms with Crippen LogP contribution in [0.2, 0.25) is 0 Å². The number of fused-ring (bicyclic) bond motifs is 1. The average Bonchev–Trinajstić information content (AvgIpc) is 3.03. The quantitative estimate of drug-likeness (QED) is 0.399. The van der Waals surface area contributed by atoms with Crippen molar-refractivity contribution in [1.82, 2.24) is 4.98 Å². The Labute approximate surface area is 160 Å². The molecule has 0 aliphatic heterocycles. The van der Waals surface area contributed by atoms with E-state index in [2.05, 4.69) is 53.0 Å². The first kappa shape index (κ1) is 18.3. The lowest BCUT2D eigenvalue weighted by atomic mass is 10.2. The first-order valence-corrected chi connectivity index (χ1v) is 11.3. The first-order valence-electron chi connectivity index (χ1n) is 8.11. The molecule has 0 atom stereocenters. The van der Waals surface area contributed by atoms with Crippen molar-refractivity contribution in [3.8, 4) is 0 Å². The summed E-state index contributed by atoms with van der Waals surface area (Å²) in [4.78, 5) is 17.8. The second-order valence-electron chi connectivity index (χ2n) is 5.54. The molecule has 25 heavy (non-hydrogen) atoms. The van der Waals surface area contributed by atoms with E-state index in [0.717, 1.165) is 28.1 Å². The number of hydrogen-bond donors (Lipinski definition) is 1. The number of benzene rings is 2. The highest BCUT2D eigenvalue weighted by atomic mass is 32.2. The fourth-order valence-electron chi connectivity index (χ4n) is 2.37. The van der Waals surface area contributed by atoms with Crippen LogP contribution in [0.4, 0.5) is 5.13 Å². The van der Waals surface area contributed by atoms with Gasteiger partial charge in [-0.1, -0.05) is 41.7 Å². The lowest BCUT2D eigenvalue weighted by molar-refractivity contribution is -0.116. The molecular weight excluding hydrogens is 368 g/mol. The molecule has 0 fully saturated rings. The molecule has 2 aromatic carbocycles. The zero-order valence-electron chi connectivity index (χ0n) is 14.0. The van der Waals surface area contributed by atoms with Crippen molar-refractivity contribution in [3.05, 3.63) is 54.1 Å². The minimum atomic E-state index is 0.0458. The summed E-state index contributed by atoms with van der Waals surface area (Å²) in [5.74, 6) is 2.03. The van der Waals surface area contributed by atoms with Gasteiger partial charge in [-0.3, -0.25) is 4.79 Å². The first-order chi connectivity index (χ1) is 12.2. The Hall–Kier alpha value is -1.50. The Morgan fingerprint density at radius 2 is 2.04 bits per heavy atom. The molecule has 3 aromatic rings. The molecule has 0 aliphatic carbocycles. The van der Waals surface area contributed by atoms with Gasteiger partial charge in [-0.15, -0.1) is 11.8 Å². The molecule has 1 aromatic heterocycles. The molecule has 1 N–H and O–H groups in total. The van der Waals surface area contributed by atoms with E-state index in [4.69, 9.17) is 0 Å². The highest BCUT2D eigenvalue weighted by molar-refractivity contribution is 7.98. The Kier molecular flexibility index (Phi) is 6.78. The molecule has 0 aliphatic rings. The van der Waals surface area contributed by atoms with Gasteiger partial charge in [0.2, 0.25) is 5.91 Å². The second kappa shape index (κ2) is 9.27. The van der Waals surface area contributed by atoms with E-state index < -0.39 is 0 Å². The maximum absolute atomic E-state index is 12.1. The van der Waals surface area contributed by atoms with Gasteiger partial charge in [0, 0.05) is 17.1 Å². The normalized spacial score (nSPS) is 10.9. The summed E-state index contributed by atoms with van der Waals surface area (Å²) in [6.45, 7) is 0. The number of nitrogens with one attached hydrogen (secondary N) is 1. The van der Waals surface area contributed by atoms with Crippen LogP contribution in [0.5, 0.6) is 0 Å². The highest BCUT2D eigenvalue weighted by Gasteiger charge is 2.08. The van der Waals surface area contributed by atoms with Crippen LogP contribution in [0.3, 0.4) is 0 Å². The van der Waals surface area contributed by atoms with Crippen LogP contribution in [-0.4, -0.2) is 22.9 Å². The molecular formula is C19H20N2OS3. The molecule has 0 saturated heterocycles. The van der Waals surface area contributed by atoms with Crippen molar-refractivity contribution in [2.45, 2.75) is 23.5 Å². The molecule has 0 spiro atoms. The molecule has 0 radical (unpaired) electrons. The molecule has 6 heteroatoms. The van der Waals surface area contributed by atoms with Crippen LogP contribution in [0.25, 0.3) is 10.2 Å². The zero-order valence-corrected chi connectivity index (χ0v) is 16.5. The number of nitrogens with zero attached hydrogens (tertiary/aromatic N) is 1. The minimum absolute atomic E-state index is 0.0458. The standard InChI is InChI=1S/C19H20N2OS3/c1-23-15-9-10-16-17(12-15)25-19(20-16)21-18(22)8-5-11-24-13-14-6-3-2-4-7-14/h2-4,6-7,9-10,12H,5,8,11,13H2,1H3,(H,20,21,22). The van der Waals surface area contributed by atoms with Crippen LogP contribution in [0.15, 0.2) is 53.4 Å². The number of hydrogen-bond acceptors (Lipinski definition) is 5. The molecule has 0 unspecified atom stereocenters. The third-order valence-corrected chi connectivity index (χ3v) is 6.42. The van der Waals surface area contributed by atoms with Crippen LogP contribution in [-0.2, 0) is 10.5 Å². The van der Waals surface area contributed by atoms with E-state index in [1.165, 1.54) is 21.8 Å². The fourth-order valence-corrected chi connectivity index (χ4v) is 4.72. The van der Waals surface area contributed by atoms with E-state index >= 15 is 0 Å². The maximum atomic E-state index is 12.1. The van der Waals surface area contributed by atoms with Crippen molar-refractivity contribution in [2.24, 2.45) is 0 Å². The number of thioether (sulfide) groups is 2. The molecule has 0 bridgehead atoms. The summed E-state index contributed by atoms with van der Waals surface area (Å²) in [7, 11) is 0. The molecule has 3 nitrogen and oxygen atoms in total. The van der Waals surface area contributed by atoms with E-state index in [-0.39, 0.29) is 5.91 Å².